The van der Waals surface area contributed by atoms with Gasteiger partial charge in [-0.1, -0.05) is 18.2 Å². The molecule has 0 heterocycles. The van der Waals surface area contributed by atoms with Crippen molar-refractivity contribution in [3.05, 3.63) is 84.4 Å². The molecule has 0 aliphatic rings. The van der Waals surface area contributed by atoms with E-state index in [1.807, 2.05) is 30.3 Å². The zero-order chi connectivity index (χ0) is 18.4. The van der Waals surface area contributed by atoms with E-state index in [1.54, 1.807) is 24.3 Å². The first-order chi connectivity index (χ1) is 12.6. The maximum atomic E-state index is 13.1. The van der Waals surface area contributed by atoms with Crippen molar-refractivity contribution in [3.63, 3.8) is 0 Å². The lowest BCUT2D eigenvalue weighted by molar-refractivity contribution is -0.114. The monoisotopic (exact) mass is 354 g/mol. The van der Waals surface area contributed by atoms with Crippen molar-refractivity contribution in [2.75, 3.05) is 17.2 Å². The van der Waals surface area contributed by atoms with Crippen molar-refractivity contribution in [1.82, 2.24) is 0 Å². The van der Waals surface area contributed by atoms with Crippen LogP contribution in [0.1, 0.15) is 0 Å². The lowest BCUT2D eigenvalue weighted by atomic mass is 10.3. The SMILES string of the molecule is O=C(CNc1ccc(F)c(F)c1)Nc1ccc(Oc2ccccc2)cc1. The number of para-hydroxylation sites is 1. The van der Waals surface area contributed by atoms with E-state index in [1.165, 1.54) is 6.07 Å². The van der Waals surface area contributed by atoms with Crippen LogP contribution in [0.2, 0.25) is 0 Å². The first-order valence-electron chi connectivity index (χ1n) is 7.92. The molecule has 6 heteroatoms. The molecule has 0 bridgehead atoms. The first kappa shape index (κ1) is 17.4. The maximum absolute atomic E-state index is 13.1. The van der Waals surface area contributed by atoms with E-state index in [0.717, 1.165) is 17.9 Å². The molecule has 0 aliphatic carbocycles. The highest BCUT2D eigenvalue weighted by atomic mass is 19.2. The molecule has 3 aromatic rings. The number of carbonyl (C=O) groups excluding carboxylic acids is 1. The number of halogens is 2. The van der Waals surface area contributed by atoms with Crippen molar-refractivity contribution in [2.24, 2.45) is 0 Å². The molecule has 0 unspecified atom stereocenters. The lowest BCUT2D eigenvalue weighted by Crippen LogP contribution is -2.21. The van der Waals surface area contributed by atoms with Gasteiger partial charge in [0.25, 0.3) is 0 Å². The largest absolute Gasteiger partial charge is 0.457 e. The van der Waals surface area contributed by atoms with Crippen LogP contribution < -0.4 is 15.4 Å². The van der Waals surface area contributed by atoms with Crippen LogP contribution in [0.4, 0.5) is 20.2 Å². The Bertz CT molecular complexity index is 884. The third kappa shape index (κ3) is 4.80. The Labute approximate surface area is 149 Å². The minimum atomic E-state index is -0.968. The second-order valence-electron chi connectivity index (χ2n) is 5.47. The average Bonchev–Trinajstić information content (AvgIpc) is 2.65. The minimum absolute atomic E-state index is 0.0761. The van der Waals surface area contributed by atoms with Gasteiger partial charge < -0.3 is 15.4 Å². The number of benzene rings is 3. The third-order valence-corrected chi connectivity index (χ3v) is 3.49. The predicted octanol–water partition coefficient (Wildman–Crippen LogP) is 4.81. The lowest BCUT2D eigenvalue weighted by Gasteiger charge is -2.09. The zero-order valence-electron chi connectivity index (χ0n) is 13.7. The molecular weight excluding hydrogens is 338 g/mol. The molecule has 2 N–H and O–H groups in total. The van der Waals surface area contributed by atoms with Gasteiger partial charge in [-0.2, -0.15) is 0 Å². The van der Waals surface area contributed by atoms with Crippen molar-refractivity contribution in [2.45, 2.75) is 0 Å². The highest BCUT2D eigenvalue weighted by molar-refractivity contribution is 5.93. The molecule has 26 heavy (non-hydrogen) atoms. The summed E-state index contributed by atoms with van der Waals surface area (Å²) in [5, 5.41) is 5.44. The summed E-state index contributed by atoms with van der Waals surface area (Å²) < 4.78 is 31.7. The fourth-order valence-electron chi connectivity index (χ4n) is 2.22. The van der Waals surface area contributed by atoms with Gasteiger partial charge in [-0.05, 0) is 48.5 Å². The number of rotatable bonds is 6. The average molecular weight is 354 g/mol. The minimum Gasteiger partial charge on any atom is -0.457 e. The van der Waals surface area contributed by atoms with Crippen LogP contribution in [0.5, 0.6) is 11.5 Å². The Kier molecular flexibility index (Phi) is 5.43. The summed E-state index contributed by atoms with van der Waals surface area (Å²) in [4.78, 5) is 11.9. The van der Waals surface area contributed by atoms with Crippen molar-refractivity contribution < 1.29 is 18.3 Å². The molecule has 1 amide bonds. The van der Waals surface area contributed by atoms with Crippen LogP contribution in [0.3, 0.4) is 0 Å². The summed E-state index contributed by atoms with van der Waals surface area (Å²) in [6.45, 7) is -0.0761. The fraction of sp³-hybridized carbons (Fsp3) is 0.0500. The van der Waals surface area contributed by atoms with Gasteiger partial charge in [0.1, 0.15) is 11.5 Å². The molecular formula is C20H16F2N2O2. The van der Waals surface area contributed by atoms with Crippen LogP contribution in [0, 0.1) is 11.6 Å². The van der Waals surface area contributed by atoms with E-state index in [0.29, 0.717) is 17.1 Å². The molecule has 0 saturated heterocycles. The molecule has 0 aliphatic heterocycles. The molecule has 4 nitrogen and oxygen atoms in total. The Morgan fingerprint density at radius 2 is 1.46 bits per heavy atom. The summed E-state index contributed by atoms with van der Waals surface area (Å²) in [6, 6.07) is 19.6. The molecule has 0 radical (unpaired) electrons. The molecule has 0 aromatic heterocycles. The van der Waals surface area contributed by atoms with Crippen molar-refractivity contribution in [1.29, 1.82) is 0 Å². The topological polar surface area (TPSA) is 50.4 Å². The fourth-order valence-corrected chi connectivity index (χ4v) is 2.22. The number of amides is 1. The third-order valence-electron chi connectivity index (χ3n) is 3.49. The van der Waals surface area contributed by atoms with Gasteiger partial charge in [0, 0.05) is 17.4 Å². The molecule has 0 spiro atoms. The van der Waals surface area contributed by atoms with Gasteiger partial charge in [0.15, 0.2) is 11.6 Å². The van der Waals surface area contributed by atoms with Crippen LogP contribution >= 0.6 is 0 Å². The van der Waals surface area contributed by atoms with Gasteiger partial charge in [0.2, 0.25) is 5.91 Å². The van der Waals surface area contributed by atoms with E-state index in [4.69, 9.17) is 4.74 Å². The second-order valence-corrected chi connectivity index (χ2v) is 5.47. The highest BCUT2D eigenvalue weighted by Gasteiger charge is 2.06. The van der Waals surface area contributed by atoms with Gasteiger partial charge in [0.05, 0.1) is 6.54 Å². The highest BCUT2D eigenvalue weighted by Crippen LogP contribution is 2.22. The van der Waals surface area contributed by atoms with Crippen LogP contribution in [0.15, 0.2) is 72.8 Å². The molecule has 3 aromatic carbocycles. The molecule has 3 rings (SSSR count). The molecule has 0 atom stereocenters. The quantitative estimate of drug-likeness (QED) is 0.668. The van der Waals surface area contributed by atoms with Gasteiger partial charge in [-0.3, -0.25) is 4.79 Å². The zero-order valence-corrected chi connectivity index (χ0v) is 13.7. The number of ether oxygens (including phenoxy) is 1. The smallest absolute Gasteiger partial charge is 0.243 e. The summed E-state index contributed by atoms with van der Waals surface area (Å²) in [6.07, 6.45) is 0. The number of carbonyl (C=O) groups is 1. The molecule has 0 saturated carbocycles. The van der Waals surface area contributed by atoms with E-state index in [-0.39, 0.29) is 12.5 Å². The summed E-state index contributed by atoms with van der Waals surface area (Å²) in [5.41, 5.74) is 0.924. The maximum Gasteiger partial charge on any atom is 0.243 e. The van der Waals surface area contributed by atoms with E-state index in [2.05, 4.69) is 10.6 Å². The first-order valence-corrected chi connectivity index (χ1v) is 7.92. The van der Waals surface area contributed by atoms with Crippen LogP contribution in [0.25, 0.3) is 0 Å². The van der Waals surface area contributed by atoms with Gasteiger partial charge >= 0.3 is 0 Å². The van der Waals surface area contributed by atoms with Crippen LogP contribution in [-0.4, -0.2) is 12.5 Å². The molecule has 0 fully saturated rings. The van der Waals surface area contributed by atoms with E-state index >= 15 is 0 Å². The Morgan fingerprint density at radius 3 is 2.15 bits per heavy atom. The summed E-state index contributed by atoms with van der Waals surface area (Å²) in [5.74, 6) is -0.845. The van der Waals surface area contributed by atoms with Crippen molar-refractivity contribution in [3.8, 4) is 11.5 Å². The number of hydrogen-bond acceptors (Lipinski definition) is 3. The Hall–Kier alpha value is -3.41. The summed E-state index contributed by atoms with van der Waals surface area (Å²) >= 11 is 0. The number of nitrogens with one attached hydrogen (secondary N) is 2. The second kappa shape index (κ2) is 8.11. The van der Waals surface area contributed by atoms with Gasteiger partial charge in [-0.15, -0.1) is 0 Å². The Morgan fingerprint density at radius 1 is 0.808 bits per heavy atom. The number of hydrogen-bond donors (Lipinski definition) is 2. The predicted molar refractivity (Wildman–Crippen MR) is 96.4 cm³/mol. The standard InChI is InChI=1S/C20H16F2N2O2/c21-18-11-8-15(12-19(18)22)23-13-20(25)24-14-6-9-17(10-7-14)26-16-4-2-1-3-5-16/h1-12,23H,13H2,(H,24,25). The Balaban J connectivity index is 1.51. The van der Waals surface area contributed by atoms with Crippen LogP contribution in [-0.2, 0) is 4.79 Å². The van der Waals surface area contributed by atoms with E-state index in [9.17, 15) is 13.6 Å². The summed E-state index contributed by atoms with van der Waals surface area (Å²) in [7, 11) is 0. The normalized spacial score (nSPS) is 10.2. The van der Waals surface area contributed by atoms with Crippen molar-refractivity contribution >= 4 is 17.3 Å². The van der Waals surface area contributed by atoms with Gasteiger partial charge in [-0.25, -0.2) is 8.78 Å². The molecule has 132 valence electrons. The van der Waals surface area contributed by atoms with E-state index < -0.39 is 11.6 Å². The number of anilines is 2.